The number of nitro groups is 1. The van der Waals surface area contributed by atoms with Gasteiger partial charge < -0.3 is 25.8 Å². The second-order valence-corrected chi connectivity index (χ2v) is 8.31. The van der Waals surface area contributed by atoms with Crippen molar-refractivity contribution in [1.82, 2.24) is 10.6 Å². The third-order valence-electron chi connectivity index (χ3n) is 4.25. The number of nitro benzene ring substituents is 1. The van der Waals surface area contributed by atoms with Crippen molar-refractivity contribution < 1.29 is 33.6 Å². The fourth-order valence-electron chi connectivity index (χ4n) is 2.62. The van der Waals surface area contributed by atoms with Crippen molar-refractivity contribution >= 4 is 29.6 Å². The lowest BCUT2D eigenvalue weighted by Crippen LogP contribution is -2.53. The fourth-order valence-corrected chi connectivity index (χ4v) is 2.62. The molecular formula is C22H30N4O8. The molecule has 0 saturated carbocycles. The van der Waals surface area contributed by atoms with Crippen LogP contribution in [0.2, 0.25) is 0 Å². The van der Waals surface area contributed by atoms with E-state index >= 15 is 0 Å². The first kappa shape index (κ1) is 28.1. The van der Waals surface area contributed by atoms with Gasteiger partial charge in [-0.05, 0) is 51.3 Å². The molecule has 0 saturated heterocycles. The summed E-state index contributed by atoms with van der Waals surface area (Å²) in [6, 6.07) is 3.22. The van der Waals surface area contributed by atoms with Crippen LogP contribution in [0.3, 0.4) is 0 Å². The summed E-state index contributed by atoms with van der Waals surface area (Å²) in [7, 11) is 0. The highest BCUT2D eigenvalue weighted by atomic mass is 16.6. The molecule has 2 atom stereocenters. The molecule has 0 fully saturated rings. The number of nitrogens with one attached hydrogen (secondary N) is 2. The summed E-state index contributed by atoms with van der Waals surface area (Å²) in [5.41, 5.74) is 5.02. The van der Waals surface area contributed by atoms with Crippen molar-refractivity contribution in [2.24, 2.45) is 5.73 Å². The van der Waals surface area contributed by atoms with Gasteiger partial charge in [-0.3, -0.25) is 24.5 Å². The number of amides is 3. The number of non-ortho nitro benzene ring substituents is 1. The monoisotopic (exact) mass is 478 g/mol. The van der Waals surface area contributed by atoms with Gasteiger partial charge in [-0.15, -0.1) is 6.58 Å². The second-order valence-electron chi connectivity index (χ2n) is 8.31. The molecule has 1 rings (SSSR count). The van der Waals surface area contributed by atoms with Crippen LogP contribution in [-0.2, 0) is 30.5 Å². The first-order valence-corrected chi connectivity index (χ1v) is 10.4. The molecule has 0 aliphatic heterocycles. The van der Waals surface area contributed by atoms with E-state index in [0.29, 0.717) is 5.56 Å². The highest BCUT2D eigenvalue weighted by Gasteiger charge is 2.27. The lowest BCUT2D eigenvalue weighted by molar-refractivity contribution is -0.384. The summed E-state index contributed by atoms with van der Waals surface area (Å²) >= 11 is 0. The predicted octanol–water partition coefficient (Wildman–Crippen LogP) is 1.86. The molecule has 1 aromatic rings. The van der Waals surface area contributed by atoms with E-state index in [0.717, 1.165) is 0 Å². The zero-order chi connectivity index (χ0) is 25.9. The summed E-state index contributed by atoms with van der Waals surface area (Å²) in [5.74, 6) is -2.23. The Hall–Kier alpha value is -3.96. The molecule has 1 aromatic carbocycles. The Morgan fingerprint density at radius 1 is 1.15 bits per heavy atom. The summed E-state index contributed by atoms with van der Waals surface area (Å²) < 4.78 is 10.2. The van der Waals surface area contributed by atoms with E-state index in [4.69, 9.17) is 15.2 Å². The van der Waals surface area contributed by atoms with Crippen molar-refractivity contribution in [1.29, 1.82) is 0 Å². The standard InChI is InChI=1S/C22H30N4O8/c1-5-6-17(25-21(30)34-22(2,3)4)20(29)24-16(19(23)28)11-12-18(27)33-13-14-7-9-15(10-8-14)26(31)32/h5,7-10,16-17H,1,6,11-13H2,2-4H3,(H2,23,28)(H,24,29)(H,25,30)/t16-,17+/m0/s1. The summed E-state index contributed by atoms with van der Waals surface area (Å²) in [6.45, 7) is 8.42. The number of benzene rings is 1. The normalized spacial score (nSPS) is 12.6. The number of alkyl carbamates (subject to hydrolysis) is 1. The van der Waals surface area contributed by atoms with Crippen LogP contribution in [-0.4, -0.2) is 46.5 Å². The summed E-state index contributed by atoms with van der Waals surface area (Å²) in [6.07, 6.45) is 0.296. The molecule has 0 spiro atoms. The Labute approximate surface area is 197 Å². The molecule has 12 nitrogen and oxygen atoms in total. The number of nitrogens with zero attached hydrogens (tertiary/aromatic N) is 1. The van der Waals surface area contributed by atoms with Gasteiger partial charge in [0.15, 0.2) is 0 Å². The SMILES string of the molecule is C=CC[C@@H](NC(=O)OC(C)(C)C)C(=O)N[C@@H](CCC(=O)OCc1ccc([N+](=O)[O-])cc1)C(N)=O. The molecule has 0 unspecified atom stereocenters. The number of primary amides is 1. The van der Waals surface area contributed by atoms with E-state index < -0.39 is 46.5 Å². The lowest BCUT2D eigenvalue weighted by atomic mass is 10.1. The highest BCUT2D eigenvalue weighted by molar-refractivity contribution is 5.91. The van der Waals surface area contributed by atoms with Crippen LogP contribution in [0.1, 0.15) is 45.6 Å². The molecule has 0 bridgehead atoms. The molecule has 4 N–H and O–H groups in total. The molecule has 34 heavy (non-hydrogen) atoms. The van der Waals surface area contributed by atoms with Crippen LogP contribution >= 0.6 is 0 Å². The van der Waals surface area contributed by atoms with Crippen LogP contribution in [0.15, 0.2) is 36.9 Å². The van der Waals surface area contributed by atoms with Crippen LogP contribution in [0, 0.1) is 10.1 Å². The van der Waals surface area contributed by atoms with Gasteiger partial charge in [-0.25, -0.2) is 4.79 Å². The number of carbonyl (C=O) groups excluding carboxylic acids is 4. The average Bonchev–Trinajstić information content (AvgIpc) is 2.73. The van der Waals surface area contributed by atoms with Crippen molar-refractivity contribution in [3.63, 3.8) is 0 Å². The quantitative estimate of drug-likeness (QED) is 0.176. The van der Waals surface area contributed by atoms with Gasteiger partial charge in [0.05, 0.1) is 4.92 Å². The maximum absolute atomic E-state index is 12.6. The summed E-state index contributed by atoms with van der Waals surface area (Å²) in [5, 5.41) is 15.5. The number of carbonyl (C=O) groups is 4. The first-order valence-electron chi connectivity index (χ1n) is 10.4. The van der Waals surface area contributed by atoms with Gasteiger partial charge in [-0.2, -0.15) is 0 Å². The molecule has 0 aliphatic carbocycles. The molecule has 0 radical (unpaired) electrons. The number of hydrogen-bond acceptors (Lipinski definition) is 8. The zero-order valence-corrected chi connectivity index (χ0v) is 19.4. The summed E-state index contributed by atoms with van der Waals surface area (Å²) in [4.78, 5) is 58.5. The average molecular weight is 479 g/mol. The number of ether oxygens (including phenoxy) is 2. The number of rotatable bonds is 12. The number of esters is 1. The van der Waals surface area contributed by atoms with Gasteiger partial charge in [-0.1, -0.05) is 6.08 Å². The third-order valence-corrected chi connectivity index (χ3v) is 4.25. The Bertz CT molecular complexity index is 908. The molecule has 0 heterocycles. The van der Waals surface area contributed by atoms with Crippen molar-refractivity contribution in [3.05, 3.63) is 52.6 Å². The van der Waals surface area contributed by atoms with E-state index in [1.54, 1.807) is 20.8 Å². The van der Waals surface area contributed by atoms with Crippen LogP contribution in [0.5, 0.6) is 0 Å². The second kappa shape index (κ2) is 12.9. The molecular weight excluding hydrogens is 448 g/mol. The topological polar surface area (TPSA) is 180 Å². The van der Waals surface area contributed by atoms with E-state index in [9.17, 15) is 29.3 Å². The third kappa shape index (κ3) is 10.6. The Balaban J connectivity index is 2.62. The van der Waals surface area contributed by atoms with E-state index in [1.807, 2.05) is 0 Å². The maximum atomic E-state index is 12.6. The number of hydrogen-bond donors (Lipinski definition) is 3. The molecule has 3 amide bonds. The minimum Gasteiger partial charge on any atom is -0.461 e. The Kier molecular flexibility index (Phi) is 10.7. The number of nitrogens with two attached hydrogens (primary N) is 1. The molecule has 0 aliphatic rings. The minimum atomic E-state index is -1.19. The van der Waals surface area contributed by atoms with Crippen LogP contribution in [0.4, 0.5) is 10.5 Å². The molecule has 0 aromatic heterocycles. The van der Waals surface area contributed by atoms with Gasteiger partial charge in [0, 0.05) is 18.6 Å². The minimum absolute atomic E-state index is 0.0633. The zero-order valence-electron chi connectivity index (χ0n) is 19.4. The molecule has 12 heteroatoms. The smallest absolute Gasteiger partial charge is 0.408 e. The Morgan fingerprint density at radius 2 is 1.76 bits per heavy atom. The fraction of sp³-hybridized carbons (Fsp3) is 0.455. The van der Waals surface area contributed by atoms with Crippen LogP contribution in [0.25, 0.3) is 0 Å². The van der Waals surface area contributed by atoms with E-state index in [2.05, 4.69) is 17.2 Å². The van der Waals surface area contributed by atoms with Crippen molar-refractivity contribution in [2.45, 2.75) is 64.3 Å². The molecule has 186 valence electrons. The largest absolute Gasteiger partial charge is 0.461 e. The first-order chi connectivity index (χ1) is 15.8. The van der Waals surface area contributed by atoms with E-state index in [1.165, 1.54) is 30.3 Å². The van der Waals surface area contributed by atoms with E-state index in [-0.39, 0.29) is 31.6 Å². The Morgan fingerprint density at radius 3 is 2.26 bits per heavy atom. The van der Waals surface area contributed by atoms with Crippen LogP contribution < -0.4 is 16.4 Å². The van der Waals surface area contributed by atoms with Gasteiger partial charge in [0.1, 0.15) is 24.3 Å². The van der Waals surface area contributed by atoms with Gasteiger partial charge >= 0.3 is 12.1 Å². The predicted molar refractivity (Wildman–Crippen MR) is 121 cm³/mol. The van der Waals surface area contributed by atoms with Gasteiger partial charge in [0.25, 0.3) is 5.69 Å². The maximum Gasteiger partial charge on any atom is 0.408 e. The van der Waals surface area contributed by atoms with Gasteiger partial charge in [0.2, 0.25) is 11.8 Å². The highest BCUT2D eigenvalue weighted by Crippen LogP contribution is 2.13. The van der Waals surface area contributed by atoms with Crippen molar-refractivity contribution in [2.75, 3.05) is 0 Å². The van der Waals surface area contributed by atoms with Crippen molar-refractivity contribution in [3.8, 4) is 0 Å². The lowest BCUT2D eigenvalue weighted by Gasteiger charge is -2.24.